The van der Waals surface area contributed by atoms with Crippen LogP contribution in [0.5, 0.6) is 0 Å². The molecule has 1 rings (SSSR count). The number of alkyl halides is 3. The number of carbonyl (C=O) groups is 2. The molecule has 0 fully saturated rings. The van der Waals surface area contributed by atoms with Gasteiger partial charge in [-0.05, 0) is 31.5 Å². The van der Waals surface area contributed by atoms with E-state index in [1.807, 2.05) is 0 Å². The molecule has 0 saturated carbocycles. The molecule has 3 nitrogen and oxygen atoms in total. The fraction of sp³-hybridized carbons (Fsp3) is 0.385. The molecule has 0 bridgehead atoms. The average Bonchev–Trinajstić information content (AvgIpc) is 2.35. The fourth-order valence-corrected chi connectivity index (χ4v) is 1.51. The molecule has 0 aliphatic carbocycles. The zero-order valence-corrected chi connectivity index (χ0v) is 10.7. The van der Waals surface area contributed by atoms with Crippen LogP contribution >= 0.6 is 0 Å². The molecule has 0 aliphatic heterocycles. The van der Waals surface area contributed by atoms with Gasteiger partial charge in [-0.15, -0.1) is 0 Å². The van der Waals surface area contributed by atoms with Crippen molar-refractivity contribution in [3.05, 3.63) is 34.9 Å². The molecule has 1 aromatic carbocycles. The summed E-state index contributed by atoms with van der Waals surface area (Å²) in [5, 5.41) is 0. The molecule has 1 unspecified atom stereocenters. The number of hydrogen-bond acceptors (Lipinski definition) is 3. The Morgan fingerprint density at radius 3 is 2.32 bits per heavy atom. The normalized spacial score (nSPS) is 12.9. The van der Waals surface area contributed by atoms with Gasteiger partial charge in [-0.3, -0.25) is 4.79 Å². The Bertz CT molecular complexity index is 506. The second-order valence-corrected chi connectivity index (χ2v) is 4.15. The van der Waals surface area contributed by atoms with E-state index in [0.29, 0.717) is 5.56 Å². The maximum Gasteiger partial charge on any atom is 0.398 e. The van der Waals surface area contributed by atoms with Crippen LogP contribution in [0.25, 0.3) is 0 Å². The molecule has 1 atom stereocenters. The van der Waals surface area contributed by atoms with Gasteiger partial charge in [0, 0.05) is 5.56 Å². The van der Waals surface area contributed by atoms with E-state index in [9.17, 15) is 22.8 Å². The molecule has 0 aromatic heterocycles. The average molecular weight is 274 g/mol. The molecule has 0 heterocycles. The monoisotopic (exact) mass is 274 g/mol. The summed E-state index contributed by atoms with van der Waals surface area (Å²) < 4.78 is 42.1. The van der Waals surface area contributed by atoms with E-state index in [4.69, 9.17) is 0 Å². The maximum atomic E-state index is 12.5. The van der Waals surface area contributed by atoms with Crippen LogP contribution in [0, 0.1) is 12.8 Å². The third-order valence-corrected chi connectivity index (χ3v) is 2.81. The smallest absolute Gasteiger partial charge is 0.398 e. The van der Waals surface area contributed by atoms with Crippen molar-refractivity contribution >= 4 is 11.8 Å². The third kappa shape index (κ3) is 3.33. The Hall–Kier alpha value is -1.85. The minimum Gasteiger partial charge on any atom is -0.465 e. The van der Waals surface area contributed by atoms with Crippen molar-refractivity contribution in [3.63, 3.8) is 0 Å². The Labute approximate surface area is 108 Å². The van der Waals surface area contributed by atoms with Crippen molar-refractivity contribution in [2.24, 2.45) is 5.92 Å². The molecule has 0 saturated heterocycles. The van der Waals surface area contributed by atoms with Gasteiger partial charge in [-0.25, -0.2) is 4.79 Å². The molecule has 104 valence electrons. The zero-order valence-electron chi connectivity index (χ0n) is 10.7. The van der Waals surface area contributed by atoms with Gasteiger partial charge in [-0.2, -0.15) is 13.2 Å². The lowest BCUT2D eigenvalue weighted by Crippen LogP contribution is -2.28. The van der Waals surface area contributed by atoms with Crippen molar-refractivity contribution in [3.8, 4) is 0 Å². The van der Waals surface area contributed by atoms with E-state index in [1.165, 1.54) is 19.1 Å². The first-order valence-corrected chi connectivity index (χ1v) is 5.48. The lowest BCUT2D eigenvalue weighted by Gasteiger charge is -2.16. The number of carbonyl (C=O) groups excluding carboxylic acids is 2. The minimum absolute atomic E-state index is 0.0471. The minimum atomic E-state index is -4.61. The molecular formula is C13H13F3O3. The number of ether oxygens (including phenoxy) is 1. The quantitative estimate of drug-likeness (QED) is 0.628. The highest BCUT2D eigenvalue weighted by Crippen LogP contribution is 2.29. The van der Waals surface area contributed by atoms with Crippen molar-refractivity contribution in [2.45, 2.75) is 20.0 Å². The summed E-state index contributed by atoms with van der Waals surface area (Å²) in [6.07, 6.45) is -4.61. The van der Waals surface area contributed by atoms with Crippen LogP contribution < -0.4 is 0 Å². The fourth-order valence-electron chi connectivity index (χ4n) is 1.51. The van der Waals surface area contributed by atoms with Crippen LogP contribution in [0.3, 0.4) is 0 Å². The van der Waals surface area contributed by atoms with E-state index in [0.717, 1.165) is 20.1 Å². The van der Waals surface area contributed by atoms with Gasteiger partial charge >= 0.3 is 12.1 Å². The van der Waals surface area contributed by atoms with Crippen molar-refractivity contribution in [1.82, 2.24) is 0 Å². The van der Waals surface area contributed by atoms with Gasteiger partial charge < -0.3 is 4.74 Å². The van der Waals surface area contributed by atoms with Gasteiger partial charge in [0.05, 0.1) is 12.7 Å². The number of benzene rings is 1. The second kappa shape index (κ2) is 5.42. The van der Waals surface area contributed by atoms with Crippen LogP contribution in [-0.4, -0.2) is 25.0 Å². The van der Waals surface area contributed by atoms with Crippen LogP contribution in [0.4, 0.5) is 13.2 Å². The molecule has 0 N–H and O–H groups in total. The Kier molecular flexibility index (Phi) is 4.34. The SMILES string of the molecule is COC(=O)c1ccc(C)c(C(=O)C(C)C(F)(F)F)c1. The molecule has 0 radical (unpaired) electrons. The summed E-state index contributed by atoms with van der Waals surface area (Å²) in [6, 6.07) is 3.95. The lowest BCUT2D eigenvalue weighted by atomic mass is 9.94. The Balaban J connectivity index is 3.20. The van der Waals surface area contributed by atoms with E-state index in [2.05, 4.69) is 4.74 Å². The first-order valence-electron chi connectivity index (χ1n) is 5.48. The summed E-state index contributed by atoms with van der Waals surface area (Å²) in [6.45, 7) is 2.31. The number of Topliss-reactive ketones (excluding diaryl/α,β-unsaturated/α-hetero) is 1. The van der Waals surface area contributed by atoms with Crippen LogP contribution in [0.2, 0.25) is 0 Å². The Morgan fingerprint density at radius 2 is 1.84 bits per heavy atom. The summed E-state index contributed by atoms with van der Waals surface area (Å²) in [4.78, 5) is 23.1. The zero-order chi connectivity index (χ0) is 14.8. The van der Waals surface area contributed by atoms with Crippen LogP contribution in [-0.2, 0) is 4.74 Å². The predicted molar refractivity (Wildman–Crippen MR) is 62.1 cm³/mol. The summed E-state index contributed by atoms with van der Waals surface area (Å²) in [5.74, 6) is -3.87. The maximum absolute atomic E-state index is 12.5. The molecular weight excluding hydrogens is 261 g/mol. The molecule has 0 aliphatic rings. The van der Waals surface area contributed by atoms with Gasteiger partial charge in [0.25, 0.3) is 0 Å². The molecule has 1 aromatic rings. The molecule has 6 heteroatoms. The van der Waals surface area contributed by atoms with E-state index < -0.39 is 23.8 Å². The van der Waals surface area contributed by atoms with E-state index in [-0.39, 0.29) is 11.1 Å². The third-order valence-electron chi connectivity index (χ3n) is 2.81. The topological polar surface area (TPSA) is 43.4 Å². The van der Waals surface area contributed by atoms with Gasteiger partial charge in [0.15, 0.2) is 5.78 Å². The van der Waals surface area contributed by atoms with E-state index >= 15 is 0 Å². The largest absolute Gasteiger partial charge is 0.465 e. The van der Waals surface area contributed by atoms with Gasteiger partial charge in [-0.1, -0.05) is 6.07 Å². The number of esters is 1. The first kappa shape index (κ1) is 15.2. The number of methoxy groups -OCH3 is 1. The highest BCUT2D eigenvalue weighted by atomic mass is 19.4. The summed E-state index contributed by atoms with van der Waals surface area (Å²) in [7, 11) is 1.15. The van der Waals surface area contributed by atoms with Crippen molar-refractivity contribution in [2.75, 3.05) is 7.11 Å². The second-order valence-electron chi connectivity index (χ2n) is 4.15. The standard InChI is InChI=1S/C13H13F3O3/c1-7-4-5-9(12(18)19-3)6-10(7)11(17)8(2)13(14,15)16/h4-6,8H,1-3H3. The van der Waals surface area contributed by atoms with Gasteiger partial charge in [0.2, 0.25) is 0 Å². The number of rotatable bonds is 3. The van der Waals surface area contributed by atoms with Crippen molar-refractivity contribution < 1.29 is 27.5 Å². The first-order chi connectivity index (χ1) is 8.68. The lowest BCUT2D eigenvalue weighted by molar-refractivity contribution is -0.155. The highest BCUT2D eigenvalue weighted by molar-refractivity contribution is 6.01. The number of hydrogen-bond donors (Lipinski definition) is 0. The van der Waals surface area contributed by atoms with E-state index in [1.54, 1.807) is 0 Å². The van der Waals surface area contributed by atoms with Crippen molar-refractivity contribution in [1.29, 1.82) is 0 Å². The van der Waals surface area contributed by atoms with Crippen LogP contribution in [0.15, 0.2) is 18.2 Å². The van der Waals surface area contributed by atoms with Gasteiger partial charge in [0.1, 0.15) is 5.92 Å². The molecule has 0 spiro atoms. The number of ketones is 1. The predicted octanol–water partition coefficient (Wildman–Crippen LogP) is 3.16. The number of halogens is 3. The summed E-state index contributed by atoms with van der Waals surface area (Å²) in [5.41, 5.74) is 0.312. The molecule has 19 heavy (non-hydrogen) atoms. The number of aryl methyl sites for hydroxylation is 1. The summed E-state index contributed by atoms with van der Waals surface area (Å²) >= 11 is 0. The Morgan fingerprint density at radius 1 is 1.26 bits per heavy atom. The highest BCUT2D eigenvalue weighted by Gasteiger charge is 2.41. The van der Waals surface area contributed by atoms with Crippen LogP contribution in [0.1, 0.15) is 33.2 Å². The molecule has 0 amide bonds.